The maximum Gasteiger partial charge on any atom is 0.264 e. The topological polar surface area (TPSA) is 72.5 Å². The van der Waals surface area contributed by atoms with Crippen LogP contribution >= 0.6 is 0 Å². The molecule has 0 unspecified atom stereocenters. The van der Waals surface area contributed by atoms with Crippen LogP contribution in [0.3, 0.4) is 0 Å². The molecule has 25 heavy (non-hydrogen) atoms. The molecule has 5 nitrogen and oxygen atoms in total. The van der Waals surface area contributed by atoms with Crippen LogP contribution in [0.5, 0.6) is 0 Å². The van der Waals surface area contributed by atoms with Gasteiger partial charge in [0.05, 0.1) is 12.9 Å². The number of rotatable bonds is 9. The number of hydrogen-bond donors (Lipinski definition) is 1. The van der Waals surface area contributed by atoms with E-state index in [9.17, 15) is 13.2 Å². The smallest absolute Gasteiger partial charge is 0.264 e. The Kier molecular flexibility index (Phi) is 6.91. The fourth-order valence-electron chi connectivity index (χ4n) is 2.17. The number of allylic oxidation sites excluding steroid dienone is 1. The summed E-state index contributed by atoms with van der Waals surface area (Å²) >= 11 is 0. The Bertz CT molecular complexity index is 812. The highest BCUT2D eigenvalue weighted by atomic mass is 32.2. The molecule has 0 bridgehead atoms. The number of aryl methyl sites for hydroxylation is 1. The monoisotopic (exact) mass is 359 g/mol. The summed E-state index contributed by atoms with van der Waals surface area (Å²) in [6.07, 6.45) is 5.52. The van der Waals surface area contributed by atoms with Crippen LogP contribution < -0.4 is 5.32 Å². The van der Waals surface area contributed by atoms with Gasteiger partial charge in [0.15, 0.2) is 5.78 Å². The summed E-state index contributed by atoms with van der Waals surface area (Å²) in [7, 11) is -3.37. The van der Waals surface area contributed by atoms with E-state index in [2.05, 4.69) is 5.32 Å². The van der Waals surface area contributed by atoms with E-state index in [0.29, 0.717) is 12.0 Å². The van der Waals surface area contributed by atoms with Crippen molar-refractivity contribution in [1.82, 2.24) is 0 Å². The molecule has 0 atom stereocenters. The molecule has 0 radical (unpaired) electrons. The highest BCUT2D eigenvalue weighted by Gasteiger charge is 2.02. The van der Waals surface area contributed by atoms with Crippen molar-refractivity contribution >= 4 is 21.6 Å². The van der Waals surface area contributed by atoms with Crippen LogP contribution in [0.25, 0.3) is 0 Å². The first-order chi connectivity index (χ1) is 11.9. The van der Waals surface area contributed by atoms with Crippen molar-refractivity contribution in [2.45, 2.75) is 12.8 Å². The molecule has 2 rings (SSSR count). The van der Waals surface area contributed by atoms with Gasteiger partial charge in [-0.2, -0.15) is 8.42 Å². The Morgan fingerprint density at radius 1 is 1.08 bits per heavy atom. The number of ketones is 1. The summed E-state index contributed by atoms with van der Waals surface area (Å²) in [4.78, 5) is 11.9. The molecular formula is C19H21NO4S. The number of carbonyl (C=O) groups is 1. The number of hydrogen-bond acceptors (Lipinski definition) is 5. The van der Waals surface area contributed by atoms with Crippen molar-refractivity contribution in [3.8, 4) is 0 Å². The third-order valence-electron chi connectivity index (χ3n) is 3.40. The fraction of sp³-hybridized carbons (Fsp3) is 0.211. The van der Waals surface area contributed by atoms with Crippen LogP contribution in [0, 0.1) is 0 Å². The average molecular weight is 359 g/mol. The second kappa shape index (κ2) is 9.15. The van der Waals surface area contributed by atoms with Crippen LogP contribution in [0.15, 0.2) is 66.9 Å². The Balaban J connectivity index is 1.78. The summed E-state index contributed by atoms with van der Waals surface area (Å²) in [6.45, 7) is 0.184. The van der Waals surface area contributed by atoms with Crippen molar-refractivity contribution < 1.29 is 17.4 Å². The largest absolute Gasteiger partial charge is 0.362 e. The fourth-order valence-corrected chi connectivity index (χ4v) is 2.59. The summed E-state index contributed by atoms with van der Waals surface area (Å²) in [5.41, 5.74) is 2.60. The molecule has 0 fully saturated rings. The molecule has 1 N–H and O–H groups in total. The summed E-state index contributed by atoms with van der Waals surface area (Å²) < 4.78 is 26.4. The minimum absolute atomic E-state index is 0.0596. The van der Waals surface area contributed by atoms with Crippen molar-refractivity contribution in [3.05, 3.63) is 78.0 Å². The Labute approximate surface area is 148 Å². The molecule has 6 heteroatoms. The number of benzene rings is 2. The van der Waals surface area contributed by atoms with E-state index in [1.807, 2.05) is 42.5 Å². The van der Waals surface area contributed by atoms with Gasteiger partial charge in [-0.05, 0) is 30.5 Å². The van der Waals surface area contributed by atoms with Crippen LogP contribution in [-0.2, 0) is 20.7 Å². The molecule has 2 aromatic rings. The highest BCUT2D eigenvalue weighted by molar-refractivity contribution is 7.85. The molecule has 0 aliphatic carbocycles. The lowest BCUT2D eigenvalue weighted by Crippen LogP contribution is -2.04. The molecule has 132 valence electrons. The zero-order valence-electron chi connectivity index (χ0n) is 14.0. The quantitative estimate of drug-likeness (QED) is 0.321. The van der Waals surface area contributed by atoms with E-state index in [0.717, 1.165) is 23.9 Å². The first-order valence-electron chi connectivity index (χ1n) is 7.90. The highest BCUT2D eigenvalue weighted by Crippen LogP contribution is 2.11. The first kappa shape index (κ1) is 18.9. The zero-order valence-corrected chi connectivity index (χ0v) is 14.8. The molecule has 0 saturated heterocycles. The van der Waals surface area contributed by atoms with Crippen molar-refractivity contribution in [2.75, 3.05) is 18.2 Å². The lowest BCUT2D eigenvalue weighted by Gasteiger charge is -2.04. The predicted molar refractivity (Wildman–Crippen MR) is 99.1 cm³/mol. The van der Waals surface area contributed by atoms with E-state index in [-0.39, 0.29) is 12.4 Å². The maximum atomic E-state index is 11.9. The summed E-state index contributed by atoms with van der Waals surface area (Å²) in [5.74, 6) is -0.0596. The Hall–Kier alpha value is -2.44. The second-order valence-corrected chi connectivity index (χ2v) is 7.18. The Morgan fingerprint density at radius 2 is 1.76 bits per heavy atom. The molecule has 0 spiro atoms. The van der Waals surface area contributed by atoms with Gasteiger partial charge in [0.25, 0.3) is 10.1 Å². The zero-order chi connectivity index (χ0) is 18.1. The summed E-state index contributed by atoms with van der Waals surface area (Å²) in [5, 5.41) is 3.05. The van der Waals surface area contributed by atoms with E-state index < -0.39 is 10.1 Å². The van der Waals surface area contributed by atoms with Crippen molar-refractivity contribution in [3.63, 3.8) is 0 Å². The van der Waals surface area contributed by atoms with E-state index in [1.165, 1.54) is 6.08 Å². The van der Waals surface area contributed by atoms with Gasteiger partial charge in [-0.1, -0.05) is 42.5 Å². The lowest BCUT2D eigenvalue weighted by atomic mass is 10.1. The molecule has 0 amide bonds. The average Bonchev–Trinajstić information content (AvgIpc) is 2.60. The minimum atomic E-state index is -3.37. The normalized spacial score (nSPS) is 11.6. The van der Waals surface area contributed by atoms with E-state index >= 15 is 0 Å². The van der Waals surface area contributed by atoms with Crippen molar-refractivity contribution in [1.29, 1.82) is 0 Å². The van der Waals surface area contributed by atoms with Gasteiger partial charge in [-0.3, -0.25) is 8.98 Å². The Morgan fingerprint density at radius 3 is 2.40 bits per heavy atom. The van der Waals surface area contributed by atoms with E-state index in [1.54, 1.807) is 18.3 Å². The summed E-state index contributed by atoms with van der Waals surface area (Å²) in [6, 6.07) is 16.8. The SMILES string of the molecule is CS(=O)(=O)OCCCc1ccc(N/C=C/C(=O)c2ccccc2)cc1. The van der Waals surface area contributed by atoms with Crippen LogP contribution in [-0.4, -0.2) is 27.1 Å². The van der Waals surface area contributed by atoms with Crippen LogP contribution in [0.2, 0.25) is 0 Å². The van der Waals surface area contributed by atoms with Gasteiger partial charge in [-0.15, -0.1) is 0 Å². The number of carbonyl (C=O) groups excluding carboxylic acids is 1. The van der Waals surface area contributed by atoms with Crippen molar-refractivity contribution in [2.24, 2.45) is 0 Å². The van der Waals surface area contributed by atoms with Crippen LogP contribution in [0.4, 0.5) is 5.69 Å². The van der Waals surface area contributed by atoms with E-state index in [4.69, 9.17) is 4.18 Å². The number of anilines is 1. The van der Waals surface area contributed by atoms with Gasteiger partial charge >= 0.3 is 0 Å². The molecule has 2 aromatic carbocycles. The third-order valence-corrected chi connectivity index (χ3v) is 4.00. The number of nitrogens with one attached hydrogen (secondary N) is 1. The predicted octanol–water partition coefficient (Wildman–Crippen LogP) is 3.40. The molecule has 0 aliphatic rings. The first-order valence-corrected chi connectivity index (χ1v) is 9.71. The van der Waals surface area contributed by atoms with Gasteiger partial charge in [0.2, 0.25) is 0 Å². The van der Waals surface area contributed by atoms with Gasteiger partial charge in [0.1, 0.15) is 0 Å². The van der Waals surface area contributed by atoms with Gasteiger partial charge in [-0.25, -0.2) is 0 Å². The third kappa shape index (κ3) is 7.32. The molecule has 0 saturated carbocycles. The second-order valence-electron chi connectivity index (χ2n) is 5.53. The minimum Gasteiger partial charge on any atom is -0.362 e. The standard InChI is InChI=1S/C19H21NO4S/c1-25(22,23)24-15-5-6-16-9-11-18(12-10-16)20-14-13-19(21)17-7-3-2-4-8-17/h2-4,7-14,20H,5-6,15H2,1H3/b14-13+. The molecular weight excluding hydrogens is 338 g/mol. The maximum absolute atomic E-state index is 11.9. The molecule has 0 aliphatic heterocycles. The van der Waals surface area contributed by atoms with Gasteiger partial charge < -0.3 is 5.32 Å². The molecule has 0 aromatic heterocycles. The lowest BCUT2D eigenvalue weighted by molar-refractivity contribution is 0.104. The molecule has 0 heterocycles. The van der Waals surface area contributed by atoms with Gasteiger partial charge in [0, 0.05) is 23.5 Å². The van der Waals surface area contributed by atoms with Crippen LogP contribution in [0.1, 0.15) is 22.3 Å².